The van der Waals surface area contributed by atoms with E-state index in [2.05, 4.69) is 74.9 Å². The number of hydrogen-bond donors (Lipinski definition) is 0. The minimum atomic E-state index is -0.0993. The summed E-state index contributed by atoms with van der Waals surface area (Å²) in [7, 11) is 0. The Morgan fingerprint density at radius 1 is 0.800 bits per heavy atom. The van der Waals surface area contributed by atoms with E-state index < -0.39 is 0 Å². The Kier molecular flexibility index (Phi) is 6.46. The first-order chi connectivity index (χ1) is 11.9. The molecule has 0 spiro atoms. The molecule has 2 nitrogen and oxygen atoms in total. The highest BCUT2D eigenvalue weighted by atomic mass is 14.8. The van der Waals surface area contributed by atoms with Crippen LogP contribution in [0.2, 0.25) is 0 Å². The lowest BCUT2D eigenvalue weighted by atomic mass is 9.79. The van der Waals surface area contributed by atoms with Crippen molar-refractivity contribution in [3.05, 3.63) is 95.6 Å². The molecular weight excluding hydrogens is 304 g/mol. The predicted octanol–water partition coefficient (Wildman–Crippen LogP) is 5.92. The summed E-state index contributed by atoms with van der Waals surface area (Å²) in [6, 6.07) is 22.6. The van der Waals surface area contributed by atoms with E-state index in [1.54, 1.807) is 6.33 Å². The van der Waals surface area contributed by atoms with Crippen LogP contribution in [0.3, 0.4) is 0 Å². The zero-order chi connectivity index (χ0) is 18.3. The molecule has 1 heterocycles. The number of rotatable bonds is 3. The van der Waals surface area contributed by atoms with E-state index in [0.29, 0.717) is 5.92 Å². The van der Waals surface area contributed by atoms with Gasteiger partial charge in [-0.15, -0.1) is 0 Å². The quantitative estimate of drug-likeness (QED) is 0.595. The highest BCUT2D eigenvalue weighted by molar-refractivity contribution is 5.39. The summed E-state index contributed by atoms with van der Waals surface area (Å²) >= 11 is 0. The predicted molar refractivity (Wildman–Crippen MR) is 106 cm³/mol. The molecule has 130 valence electrons. The zero-order valence-electron chi connectivity index (χ0n) is 15.9. The highest BCUT2D eigenvalue weighted by Gasteiger charge is 2.26. The summed E-state index contributed by atoms with van der Waals surface area (Å²) in [6.07, 6.45) is 1.69. The summed E-state index contributed by atoms with van der Waals surface area (Å²) in [5.74, 6) is 0.425. The van der Waals surface area contributed by atoms with Gasteiger partial charge < -0.3 is 0 Å². The van der Waals surface area contributed by atoms with Gasteiger partial charge >= 0.3 is 0 Å². The molecule has 3 rings (SSSR count). The molecule has 2 aromatic carbocycles. The van der Waals surface area contributed by atoms with E-state index in [4.69, 9.17) is 0 Å². The van der Waals surface area contributed by atoms with E-state index >= 15 is 0 Å². The molecule has 0 aliphatic carbocycles. The summed E-state index contributed by atoms with van der Waals surface area (Å²) in [5.41, 5.74) is 4.71. The van der Waals surface area contributed by atoms with Crippen LogP contribution in [0.25, 0.3) is 0 Å². The maximum atomic E-state index is 4.50. The fourth-order valence-electron chi connectivity index (χ4n) is 2.83. The molecule has 0 aliphatic heterocycles. The van der Waals surface area contributed by atoms with Crippen molar-refractivity contribution in [2.45, 2.75) is 46.0 Å². The molecule has 0 saturated carbocycles. The van der Waals surface area contributed by atoms with Crippen molar-refractivity contribution in [1.82, 2.24) is 9.97 Å². The first-order valence-electron chi connectivity index (χ1n) is 8.81. The van der Waals surface area contributed by atoms with E-state index in [9.17, 15) is 0 Å². The molecule has 2 heteroatoms. The molecule has 0 amide bonds. The Morgan fingerprint density at radius 2 is 1.36 bits per heavy atom. The van der Waals surface area contributed by atoms with Crippen LogP contribution in [-0.4, -0.2) is 9.97 Å². The second-order valence-electron chi connectivity index (χ2n) is 7.08. The molecule has 0 radical (unpaired) electrons. The van der Waals surface area contributed by atoms with Crippen molar-refractivity contribution in [2.75, 3.05) is 0 Å². The van der Waals surface area contributed by atoms with Crippen LogP contribution in [-0.2, 0) is 5.41 Å². The van der Waals surface area contributed by atoms with Gasteiger partial charge in [0, 0.05) is 11.1 Å². The summed E-state index contributed by atoms with van der Waals surface area (Å²) < 4.78 is 0. The van der Waals surface area contributed by atoms with Gasteiger partial charge in [-0.1, -0.05) is 88.4 Å². The number of hydrogen-bond acceptors (Lipinski definition) is 2. The lowest BCUT2D eigenvalue weighted by molar-refractivity contribution is 0.605. The Balaban J connectivity index is 0.000000316. The lowest BCUT2D eigenvalue weighted by Crippen LogP contribution is -2.22. The van der Waals surface area contributed by atoms with Crippen LogP contribution in [0.1, 0.15) is 56.1 Å². The fourth-order valence-corrected chi connectivity index (χ4v) is 2.83. The highest BCUT2D eigenvalue weighted by Crippen LogP contribution is 2.32. The molecule has 0 aliphatic rings. The number of benzene rings is 2. The van der Waals surface area contributed by atoms with Crippen LogP contribution in [0.15, 0.2) is 73.1 Å². The lowest BCUT2D eigenvalue weighted by Gasteiger charge is -2.27. The van der Waals surface area contributed by atoms with Gasteiger partial charge in [0.2, 0.25) is 0 Å². The topological polar surface area (TPSA) is 25.8 Å². The Morgan fingerprint density at radius 3 is 1.88 bits per heavy atom. The van der Waals surface area contributed by atoms with Crippen LogP contribution in [0.4, 0.5) is 0 Å². The van der Waals surface area contributed by atoms with Crippen LogP contribution >= 0.6 is 0 Å². The van der Waals surface area contributed by atoms with Crippen LogP contribution in [0, 0.1) is 6.92 Å². The first-order valence-corrected chi connectivity index (χ1v) is 8.81. The molecule has 0 atom stereocenters. The minimum absolute atomic E-state index is 0.0993. The SMILES string of the molecule is Cc1ccccc1C(C)(C)c1cc(C(C)C)ncn1.c1ccccc1. The Bertz CT molecular complexity index is 750. The monoisotopic (exact) mass is 332 g/mol. The van der Waals surface area contributed by atoms with Gasteiger partial charge in [-0.25, -0.2) is 9.97 Å². The average Bonchev–Trinajstić information content (AvgIpc) is 2.64. The molecule has 1 aromatic heterocycles. The van der Waals surface area contributed by atoms with Crippen molar-refractivity contribution < 1.29 is 0 Å². The van der Waals surface area contributed by atoms with Crippen LogP contribution in [0.5, 0.6) is 0 Å². The maximum Gasteiger partial charge on any atom is 0.115 e. The number of aromatic nitrogens is 2. The smallest absolute Gasteiger partial charge is 0.115 e. The second-order valence-corrected chi connectivity index (χ2v) is 7.08. The minimum Gasteiger partial charge on any atom is -0.241 e. The molecular formula is C23H28N2. The summed E-state index contributed by atoms with van der Waals surface area (Å²) in [4.78, 5) is 8.86. The molecule has 0 N–H and O–H groups in total. The zero-order valence-corrected chi connectivity index (χ0v) is 15.9. The van der Waals surface area contributed by atoms with Gasteiger partial charge in [0.25, 0.3) is 0 Å². The van der Waals surface area contributed by atoms with E-state index in [0.717, 1.165) is 11.4 Å². The second kappa shape index (κ2) is 8.57. The third kappa shape index (κ3) is 4.99. The molecule has 0 saturated heterocycles. The first kappa shape index (κ1) is 18.9. The molecule has 0 fully saturated rings. The molecule has 3 aromatic rings. The maximum absolute atomic E-state index is 4.50. The molecule has 25 heavy (non-hydrogen) atoms. The van der Waals surface area contributed by atoms with E-state index in [1.807, 2.05) is 36.4 Å². The number of aryl methyl sites for hydroxylation is 1. The van der Waals surface area contributed by atoms with Gasteiger partial charge in [0.05, 0.1) is 5.69 Å². The van der Waals surface area contributed by atoms with Crippen molar-refractivity contribution in [3.63, 3.8) is 0 Å². The van der Waals surface area contributed by atoms with Crippen LogP contribution < -0.4 is 0 Å². The Hall–Kier alpha value is -2.48. The van der Waals surface area contributed by atoms with Crippen molar-refractivity contribution in [3.8, 4) is 0 Å². The largest absolute Gasteiger partial charge is 0.241 e. The third-order valence-electron chi connectivity index (χ3n) is 4.41. The van der Waals surface area contributed by atoms with E-state index in [-0.39, 0.29) is 5.41 Å². The van der Waals surface area contributed by atoms with E-state index in [1.165, 1.54) is 11.1 Å². The molecule has 0 bridgehead atoms. The van der Waals surface area contributed by atoms with Gasteiger partial charge in [0.15, 0.2) is 0 Å². The Labute approximate surface area is 152 Å². The standard InChI is InChI=1S/C17H22N2.C6H6/c1-12(2)15-10-16(19-11-18-15)17(4,5)14-9-7-6-8-13(14)3;1-2-4-6-5-3-1/h6-12H,1-5H3;1-6H. The van der Waals surface area contributed by atoms with Gasteiger partial charge in [-0.3, -0.25) is 0 Å². The van der Waals surface area contributed by atoms with Crippen molar-refractivity contribution >= 4 is 0 Å². The van der Waals surface area contributed by atoms with Crippen molar-refractivity contribution in [2.24, 2.45) is 0 Å². The van der Waals surface area contributed by atoms with Gasteiger partial charge in [-0.2, -0.15) is 0 Å². The van der Waals surface area contributed by atoms with Gasteiger partial charge in [0.1, 0.15) is 6.33 Å². The summed E-state index contributed by atoms with van der Waals surface area (Å²) in [6.45, 7) is 10.9. The fraction of sp³-hybridized carbons (Fsp3) is 0.304. The normalized spacial score (nSPS) is 11.0. The number of nitrogens with zero attached hydrogens (tertiary/aromatic N) is 2. The molecule has 0 unspecified atom stereocenters. The third-order valence-corrected chi connectivity index (χ3v) is 4.41. The average molecular weight is 332 g/mol. The van der Waals surface area contributed by atoms with Gasteiger partial charge in [-0.05, 0) is 30.0 Å². The summed E-state index contributed by atoms with van der Waals surface area (Å²) in [5, 5.41) is 0. The van der Waals surface area contributed by atoms with Crippen molar-refractivity contribution in [1.29, 1.82) is 0 Å².